The van der Waals surface area contributed by atoms with Gasteiger partial charge in [0.05, 0.1) is 15.2 Å². The minimum Gasteiger partial charge on any atom is -0.490 e. The number of aromatic nitrogens is 1. The lowest BCUT2D eigenvalue weighted by Gasteiger charge is -2.24. The third-order valence-electron chi connectivity index (χ3n) is 4.44. The van der Waals surface area contributed by atoms with Crippen molar-refractivity contribution in [1.29, 1.82) is 0 Å². The van der Waals surface area contributed by atoms with Crippen LogP contribution in [0, 0.1) is 6.92 Å². The first kappa shape index (κ1) is 17.0. The third kappa shape index (κ3) is 3.86. The Morgan fingerprint density at radius 2 is 2.08 bits per heavy atom. The quantitative estimate of drug-likeness (QED) is 0.732. The van der Waals surface area contributed by atoms with Gasteiger partial charge in [-0.3, -0.25) is 4.79 Å². The topological polar surface area (TPSA) is 63.2 Å². The molecule has 134 valence electrons. The van der Waals surface area contributed by atoms with E-state index in [2.05, 4.69) is 15.6 Å². The second-order valence-corrected chi connectivity index (χ2v) is 7.70. The number of benzene rings is 2. The fraction of sp³-hybridized carbons (Fsp3) is 0.300. The van der Waals surface area contributed by atoms with Crippen LogP contribution in [0.5, 0.6) is 5.75 Å². The van der Waals surface area contributed by atoms with E-state index in [-0.39, 0.29) is 12.0 Å². The van der Waals surface area contributed by atoms with Crippen LogP contribution in [0.25, 0.3) is 10.2 Å². The van der Waals surface area contributed by atoms with Crippen LogP contribution in [0.3, 0.4) is 0 Å². The molecule has 0 radical (unpaired) electrons. The lowest BCUT2D eigenvalue weighted by molar-refractivity contribution is 0.102. The molecule has 2 heterocycles. The zero-order valence-electron chi connectivity index (χ0n) is 14.6. The Bertz CT molecular complexity index is 932. The lowest BCUT2D eigenvalue weighted by atomic mass is 10.1. The third-order valence-corrected chi connectivity index (χ3v) is 5.37. The van der Waals surface area contributed by atoms with E-state index < -0.39 is 0 Å². The maximum Gasteiger partial charge on any atom is 0.255 e. The van der Waals surface area contributed by atoms with Gasteiger partial charge >= 0.3 is 0 Å². The van der Waals surface area contributed by atoms with Gasteiger partial charge in [-0.15, -0.1) is 11.3 Å². The van der Waals surface area contributed by atoms with Crippen LogP contribution in [0.4, 0.5) is 5.69 Å². The number of aryl methyl sites for hydroxylation is 1. The van der Waals surface area contributed by atoms with Gasteiger partial charge in [-0.2, -0.15) is 0 Å². The van der Waals surface area contributed by atoms with E-state index in [9.17, 15) is 4.79 Å². The van der Waals surface area contributed by atoms with Crippen LogP contribution in [0.15, 0.2) is 42.5 Å². The van der Waals surface area contributed by atoms with Crippen molar-refractivity contribution in [2.24, 2.45) is 0 Å². The molecule has 1 aromatic heterocycles. The Hall–Kier alpha value is -2.44. The summed E-state index contributed by atoms with van der Waals surface area (Å²) in [5, 5.41) is 7.29. The second kappa shape index (κ2) is 7.43. The van der Waals surface area contributed by atoms with E-state index in [1.165, 1.54) is 0 Å². The first-order valence-corrected chi connectivity index (χ1v) is 9.65. The van der Waals surface area contributed by atoms with Crippen molar-refractivity contribution in [3.05, 3.63) is 53.0 Å². The highest BCUT2D eigenvalue weighted by molar-refractivity contribution is 7.18. The fourth-order valence-corrected chi connectivity index (χ4v) is 4.00. The number of fused-ring (bicyclic) bond motifs is 1. The smallest absolute Gasteiger partial charge is 0.255 e. The molecule has 0 atom stereocenters. The summed E-state index contributed by atoms with van der Waals surface area (Å²) < 4.78 is 7.07. The number of carbonyl (C=O) groups is 1. The highest BCUT2D eigenvalue weighted by Gasteiger charge is 2.15. The highest BCUT2D eigenvalue weighted by Crippen LogP contribution is 2.24. The molecule has 6 heteroatoms. The molecule has 0 saturated carbocycles. The predicted molar refractivity (Wildman–Crippen MR) is 105 cm³/mol. The van der Waals surface area contributed by atoms with E-state index >= 15 is 0 Å². The molecule has 0 unspecified atom stereocenters. The van der Waals surface area contributed by atoms with Crippen molar-refractivity contribution in [3.63, 3.8) is 0 Å². The summed E-state index contributed by atoms with van der Waals surface area (Å²) in [5.41, 5.74) is 2.30. The van der Waals surface area contributed by atoms with Crippen molar-refractivity contribution < 1.29 is 9.53 Å². The summed E-state index contributed by atoms with van der Waals surface area (Å²) in [6.07, 6.45) is 2.25. The zero-order chi connectivity index (χ0) is 17.9. The molecule has 5 nitrogen and oxygen atoms in total. The van der Waals surface area contributed by atoms with Crippen LogP contribution < -0.4 is 15.4 Å². The van der Waals surface area contributed by atoms with Crippen LogP contribution >= 0.6 is 11.3 Å². The van der Waals surface area contributed by atoms with Crippen molar-refractivity contribution >= 4 is 33.1 Å². The molecule has 1 aliphatic rings. The average molecular weight is 367 g/mol. The molecule has 0 bridgehead atoms. The maximum atomic E-state index is 12.6. The van der Waals surface area contributed by atoms with Gasteiger partial charge in [0, 0.05) is 17.3 Å². The van der Waals surface area contributed by atoms with Crippen LogP contribution in [-0.4, -0.2) is 30.1 Å². The minimum atomic E-state index is -0.128. The number of hydrogen-bond acceptors (Lipinski definition) is 5. The van der Waals surface area contributed by atoms with Crippen molar-refractivity contribution in [2.45, 2.75) is 25.9 Å². The van der Waals surface area contributed by atoms with E-state index in [4.69, 9.17) is 4.74 Å². The van der Waals surface area contributed by atoms with Crippen LogP contribution in [0.2, 0.25) is 0 Å². The molecule has 2 aromatic carbocycles. The van der Waals surface area contributed by atoms with Gasteiger partial charge in [-0.1, -0.05) is 6.07 Å². The number of nitrogens with one attached hydrogen (secondary N) is 2. The molecule has 1 saturated heterocycles. The molecule has 4 rings (SSSR count). The Balaban J connectivity index is 1.46. The van der Waals surface area contributed by atoms with E-state index in [0.29, 0.717) is 5.56 Å². The summed E-state index contributed by atoms with van der Waals surface area (Å²) in [5.74, 6) is 0.667. The summed E-state index contributed by atoms with van der Waals surface area (Å²) >= 11 is 1.60. The number of nitrogens with zero attached hydrogens (tertiary/aromatic N) is 1. The Morgan fingerprint density at radius 3 is 2.92 bits per heavy atom. The highest BCUT2D eigenvalue weighted by atomic mass is 32.1. The number of carbonyl (C=O) groups excluding carboxylic acids is 1. The van der Waals surface area contributed by atoms with E-state index in [0.717, 1.165) is 52.6 Å². The number of amides is 1. The first-order chi connectivity index (χ1) is 12.7. The van der Waals surface area contributed by atoms with Crippen LogP contribution in [-0.2, 0) is 0 Å². The predicted octanol–water partition coefficient (Wildman–Crippen LogP) is 3.99. The molecule has 0 aliphatic carbocycles. The number of piperidine rings is 1. The molecule has 0 spiro atoms. The fourth-order valence-electron chi connectivity index (χ4n) is 3.14. The zero-order valence-corrected chi connectivity index (χ0v) is 15.4. The monoisotopic (exact) mass is 367 g/mol. The Morgan fingerprint density at radius 1 is 1.23 bits per heavy atom. The Labute approximate surface area is 156 Å². The lowest BCUT2D eigenvalue weighted by Crippen LogP contribution is -2.34. The molecule has 2 N–H and O–H groups in total. The molecular weight excluding hydrogens is 346 g/mol. The molecule has 1 aliphatic heterocycles. The average Bonchev–Trinajstić information content (AvgIpc) is 3.02. The number of ether oxygens (including phenoxy) is 1. The van der Waals surface area contributed by atoms with Gasteiger partial charge in [0.25, 0.3) is 5.91 Å². The standard InChI is InChI=1S/C20H21N3O2S/c1-13-22-18-6-5-14(11-19(18)26-13)20(24)23-15-3-2-4-17(12-15)25-16-7-9-21-10-8-16/h2-6,11-12,16,21H,7-10H2,1H3,(H,23,24). The Kier molecular flexibility index (Phi) is 4.86. The number of hydrogen-bond donors (Lipinski definition) is 2. The van der Waals surface area contributed by atoms with E-state index in [1.807, 2.05) is 49.4 Å². The van der Waals surface area contributed by atoms with Gasteiger partial charge in [0.2, 0.25) is 0 Å². The minimum absolute atomic E-state index is 0.128. The van der Waals surface area contributed by atoms with Gasteiger partial charge < -0.3 is 15.4 Å². The van der Waals surface area contributed by atoms with Crippen molar-refractivity contribution in [2.75, 3.05) is 18.4 Å². The molecular formula is C20H21N3O2S. The first-order valence-electron chi connectivity index (χ1n) is 8.83. The second-order valence-electron chi connectivity index (χ2n) is 6.46. The van der Waals surface area contributed by atoms with E-state index in [1.54, 1.807) is 11.3 Å². The number of anilines is 1. The molecule has 1 fully saturated rings. The summed E-state index contributed by atoms with van der Waals surface area (Å²) in [7, 11) is 0. The van der Waals surface area contributed by atoms with Gasteiger partial charge in [-0.25, -0.2) is 4.98 Å². The SMILES string of the molecule is Cc1nc2ccc(C(=O)Nc3cccc(OC4CCNCC4)c3)cc2s1. The van der Waals surface area contributed by atoms with Crippen LogP contribution in [0.1, 0.15) is 28.2 Å². The number of thiazole rings is 1. The largest absolute Gasteiger partial charge is 0.490 e. The molecule has 1 amide bonds. The molecule has 26 heavy (non-hydrogen) atoms. The summed E-state index contributed by atoms with van der Waals surface area (Å²) in [6, 6.07) is 13.2. The molecule has 3 aromatic rings. The van der Waals surface area contributed by atoms with Gasteiger partial charge in [0.1, 0.15) is 11.9 Å². The normalized spacial score (nSPS) is 15.1. The van der Waals surface area contributed by atoms with Gasteiger partial charge in [0.15, 0.2) is 0 Å². The van der Waals surface area contributed by atoms with Crippen molar-refractivity contribution in [1.82, 2.24) is 10.3 Å². The summed E-state index contributed by atoms with van der Waals surface area (Å²) in [6.45, 7) is 3.94. The maximum absolute atomic E-state index is 12.6. The summed E-state index contributed by atoms with van der Waals surface area (Å²) in [4.78, 5) is 17.0. The van der Waals surface area contributed by atoms with Gasteiger partial charge in [-0.05, 0) is 63.2 Å². The number of rotatable bonds is 4. The van der Waals surface area contributed by atoms with Crippen molar-refractivity contribution in [3.8, 4) is 5.75 Å².